The third-order valence-electron chi connectivity index (χ3n) is 4.68. The minimum atomic E-state index is -0.0899. The molecule has 0 unspecified atom stereocenters. The van der Waals surface area contributed by atoms with Crippen LogP contribution in [0.4, 0.5) is 11.4 Å². The number of hydrogen-bond acceptors (Lipinski definition) is 2. The first-order chi connectivity index (χ1) is 11.2. The van der Waals surface area contributed by atoms with Crippen LogP contribution in [-0.2, 0) is 22.4 Å². The number of anilines is 2. The van der Waals surface area contributed by atoms with Gasteiger partial charge in [-0.15, -0.1) is 0 Å². The molecule has 1 aliphatic carbocycles. The van der Waals surface area contributed by atoms with E-state index in [1.165, 1.54) is 5.56 Å². The lowest BCUT2D eigenvalue weighted by atomic mass is 9.82. The highest BCUT2D eigenvalue weighted by atomic mass is 16.2. The quantitative estimate of drug-likeness (QED) is 0.895. The number of aryl methyl sites for hydroxylation is 1. The van der Waals surface area contributed by atoms with E-state index in [2.05, 4.69) is 22.8 Å². The maximum atomic E-state index is 12.7. The molecule has 2 aromatic rings. The van der Waals surface area contributed by atoms with Crippen LogP contribution in [0.25, 0.3) is 0 Å². The predicted octanol–water partition coefficient (Wildman–Crippen LogP) is 3.24. The van der Waals surface area contributed by atoms with Gasteiger partial charge in [-0.3, -0.25) is 9.59 Å². The molecule has 2 aromatic carbocycles. The minimum absolute atomic E-state index is 0.00434. The molecule has 4 nitrogen and oxygen atoms in total. The highest BCUT2D eigenvalue weighted by molar-refractivity contribution is 6.01. The lowest BCUT2D eigenvalue weighted by Gasteiger charge is -2.24. The number of fused-ring (bicyclic) bond motifs is 2. The van der Waals surface area contributed by atoms with E-state index in [9.17, 15) is 9.59 Å². The van der Waals surface area contributed by atoms with Crippen LogP contribution < -0.4 is 10.6 Å². The summed E-state index contributed by atoms with van der Waals surface area (Å²) in [6, 6.07) is 13.8. The molecule has 2 N–H and O–H groups in total. The van der Waals surface area contributed by atoms with E-state index in [4.69, 9.17) is 0 Å². The van der Waals surface area contributed by atoms with Gasteiger partial charge in [0.05, 0.1) is 12.3 Å². The number of benzene rings is 2. The summed E-state index contributed by atoms with van der Waals surface area (Å²) in [7, 11) is 0. The van der Waals surface area contributed by atoms with Gasteiger partial charge in [-0.2, -0.15) is 0 Å². The van der Waals surface area contributed by atoms with Crippen molar-refractivity contribution >= 4 is 23.2 Å². The lowest BCUT2D eigenvalue weighted by Crippen LogP contribution is -2.24. The largest absolute Gasteiger partial charge is 0.326 e. The number of nitrogens with one attached hydrogen (secondary N) is 2. The van der Waals surface area contributed by atoms with Gasteiger partial charge in [-0.1, -0.05) is 24.3 Å². The summed E-state index contributed by atoms with van der Waals surface area (Å²) in [6.07, 6.45) is 3.35. The summed E-state index contributed by atoms with van der Waals surface area (Å²) in [5.41, 5.74) is 4.97. The molecular formula is C19H18N2O2. The van der Waals surface area contributed by atoms with Gasteiger partial charge in [0, 0.05) is 11.4 Å². The van der Waals surface area contributed by atoms with E-state index >= 15 is 0 Å². The van der Waals surface area contributed by atoms with E-state index in [0.717, 1.165) is 41.8 Å². The third kappa shape index (κ3) is 2.61. The van der Waals surface area contributed by atoms with Crippen LogP contribution in [0, 0.1) is 0 Å². The fraction of sp³-hybridized carbons (Fsp3) is 0.263. The van der Waals surface area contributed by atoms with Crippen LogP contribution in [-0.4, -0.2) is 11.8 Å². The molecule has 1 heterocycles. The molecule has 0 spiro atoms. The molecule has 0 radical (unpaired) electrons. The summed E-state index contributed by atoms with van der Waals surface area (Å²) >= 11 is 0. The molecule has 116 valence electrons. The zero-order valence-electron chi connectivity index (χ0n) is 12.8. The summed E-state index contributed by atoms with van der Waals surface area (Å²) in [6.45, 7) is 0. The first kappa shape index (κ1) is 14.0. The van der Waals surface area contributed by atoms with Gasteiger partial charge >= 0.3 is 0 Å². The Balaban J connectivity index is 1.55. The fourth-order valence-corrected chi connectivity index (χ4v) is 3.56. The summed E-state index contributed by atoms with van der Waals surface area (Å²) in [4.78, 5) is 24.1. The number of hydrogen-bond donors (Lipinski definition) is 2. The Bertz CT molecular complexity index is 798. The smallest absolute Gasteiger partial charge is 0.231 e. The predicted molar refractivity (Wildman–Crippen MR) is 89.5 cm³/mol. The van der Waals surface area contributed by atoms with Crippen molar-refractivity contribution in [2.75, 3.05) is 10.6 Å². The number of amides is 2. The number of rotatable bonds is 2. The Hall–Kier alpha value is -2.62. The SMILES string of the molecule is O=C1Cc2cc(NC(=O)[C@H]3CCCc4ccccc43)ccc2N1. The average Bonchev–Trinajstić information content (AvgIpc) is 2.93. The van der Waals surface area contributed by atoms with Crippen molar-refractivity contribution in [2.24, 2.45) is 0 Å². The molecule has 4 rings (SSSR count). The summed E-state index contributed by atoms with van der Waals surface area (Å²) < 4.78 is 0. The normalized spacial score (nSPS) is 18.8. The van der Waals surface area contributed by atoms with Crippen LogP contribution in [0.2, 0.25) is 0 Å². The second-order valence-electron chi connectivity index (χ2n) is 6.23. The van der Waals surface area contributed by atoms with E-state index < -0.39 is 0 Å². The maximum Gasteiger partial charge on any atom is 0.231 e. The Labute approximate surface area is 134 Å². The lowest BCUT2D eigenvalue weighted by molar-refractivity contribution is -0.118. The zero-order chi connectivity index (χ0) is 15.8. The number of carbonyl (C=O) groups is 2. The minimum Gasteiger partial charge on any atom is -0.326 e. The molecule has 4 heteroatoms. The van der Waals surface area contributed by atoms with Crippen molar-refractivity contribution < 1.29 is 9.59 Å². The van der Waals surface area contributed by atoms with Gasteiger partial charge in [-0.25, -0.2) is 0 Å². The summed E-state index contributed by atoms with van der Waals surface area (Å²) in [5, 5.41) is 5.82. The molecule has 2 aliphatic rings. The molecule has 0 aromatic heterocycles. The second kappa shape index (κ2) is 5.54. The number of carbonyl (C=O) groups excluding carboxylic acids is 2. The van der Waals surface area contributed by atoms with Crippen LogP contribution in [0.15, 0.2) is 42.5 Å². The van der Waals surface area contributed by atoms with Crippen molar-refractivity contribution in [3.8, 4) is 0 Å². The molecule has 0 bridgehead atoms. The molecule has 23 heavy (non-hydrogen) atoms. The van der Waals surface area contributed by atoms with Crippen molar-refractivity contribution in [1.29, 1.82) is 0 Å². The van der Waals surface area contributed by atoms with Crippen LogP contribution >= 0.6 is 0 Å². The summed E-state index contributed by atoms with van der Waals surface area (Å²) in [5.74, 6) is -0.0490. The highest BCUT2D eigenvalue weighted by Crippen LogP contribution is 2.33. The maximum absolute atomic E-state index is 12.7. The molecule has 1 atom stereocenters. The first-order valence-electron chi connectivity index (χ1n) is 8.02. The molecule has 1 aliphatic heterocycles. The monoisotopic (exact) mass is 306 g/mol. The van der Waals surface area contributed by atoms with Gasteiger partial charge in [-0.05, 0) is 54.2 Å². The van der Waals surface area contributed by atoms with Crippen LogP contribution in [0.5, 0.6) is 0 Å². The van der Waals surface area contributed by atoms with Crippen molar-refractivity contribution in [2.45, 2.75) is 31.6 Å². The molecule has 2 amide bonds. The van der Waals surface area contributed by atoms with E-state index in [1.54, 1.807) is 0 Å². The van der Waals surface area contributed by atoms with Crippen molar-refractivity contribution in [1.82, 2.24) is 0 Å². The fourth-order valence-electron chi connectivity index (χ4n) is 3.56. The van der Waals surface area contributed by atoms with Crippen molar-refractivity contribution in [3.63, 3.8) is 0 Å². The van der Waals surface area contributed by atoms with Gasteiger partial charge in [0.25, 0.3) is 0 Å². The second-order valence-corrected chi connectivity index (χ2v) is 6.23. The van der Waals surface area contributed by atoms with E-state index in [1.807, 2.05) is 30.3 Å². The average molecular weight is 306 g/mol. The van der Waals surface area contributed by atoms with E-state index in [-0.39, 0.29) is 17.7 Å². The van der Waals surface area contributed by atoms with E-state index in [0.29, 0.717) is 6.42 Å². The van der Waals surface area contributed by atoms with Gasteiger partial charge in [0.15, 0.2) is 0 Å². The van der Waals surface area contributed by atoms with Crippen LogP contribution in [0.1, 0.15) is 35.4 Å². The van der Waals surface area contributed by atoms with Gasteiger partial charge < -0.3 is 10.6 Å². The molecular weight excluding hydrogens is 288 g/mol. The zero-order valence-corrected chi connectivity index (χ0v) is 12.8. The van der Waals surface area contributed by atoms with Gasteiger partial charge in [0.1, 0.15) is 0 Å². The van der Waals surface area contributed by atoms with Crippen LogP contribution in [0.3, 0.4) is 0 Å². The van der Waals surface area contributed by atoms with Gasteiger partial charge in [0.2, 0.25) is 11.8 Å². The molecule has 0 saturated carbocycles. The molecule has 0 saturated heterocycles. The first-order valence-corrected chi connectivity index (χ1v) is 8.02. The highest BCUT2D eigenvalue weighted by Gasteiger charge is 2.26. The Morgan fingerprint density at radius 3 is 2.91 bits per heavy atom. The Morgan fingerprint density at radius 2 is 2.00 bits per heavy atom. The third-order valence-corrected chi connectivity index (χ3v) is 4.68. The Morgan fingerprint density at radius 1 is 1.13 bits per heavy atom. The van der Waals surface area contributed by atoms with Crippen molar-refractivity contribution in [3.05, 3.63) is 59.2 Å². The molecule has 0 fully saturated rings. The standard InChI is InChI=1S/C19H18N2O2/c22-18-11-13-10-14(8-9-17(13)21-18)20-19(23)16-7-3-5-12-4-1-2-6-15(12)16/h1-2,4,6,8-10,16H,3,5,7,11H2,(H,20,23)(H,21,22)/t16-/m0/s1. The topological polar surface area (TPSA) is 58.2 Å². The Kier molecular flexibility index (Phi) is 3.37.